The molecule has 0 atom stereocenters. The molecule has 0 saturated carbocycles. The summed E-state index contributed by atoms with van der Waals surface area (Å²) in [5, 5.41) is 0. The van der Waals surface area contributed by atoms with Crippen LogP contribution in [0.25, 0.3) is 0 Å². The number of hydrogen-bond acceptors (Lipinski definition) is 4. The Balaban J connectivity index is 1.42. The van der Waals surface area contributed by atoms with Gasteiger partial charge in [0.2, 0.25) is 5.75 Å². The third-order valence-electron chi connectivity index (χ3n) is 5.53. The molecule has 2 heterocycles. The summed E-state index contributed by atoms with van der Waals surface area (Å²) in [5.74, 6) is 1.73. The quantitative estimate of drug-likeness (QED) is 0.865. The number of amides is 1. The zero-order valence-electron chi connectivity index (χ0n) is 16.5. The molecular weight excluding hydrogens is 356 g/mol. The van der Waals surface area contributed by atoms with Gasteiger partial charge in [-0.15, -0.1) is 0 Å². The van der Waals surface area contributed by atoms with Crippen LogP contribution in [0, 0.1) is 6.92 Å². The van der Waals surface area contributed by atoms with Crippen LogP contribution in [-0.2, 0) is 6.54 Å². The molecule has 2 aromatic rings. The van der Waals surface area contributed by atoms with E-state index >= 15 is 0 Å². The Morgan fingerprint density at radius 3 is 2.64 bits per heavy atom. The van der Waals surface area contributed by atoms with E-state index in [0.29, 0.717) is 36.0 Å². The molecule has 28 heavy (non-hydrogen) atoms. The van der Waals surface area contributed by atoms with Crippen molar-refractivity contribution < 1.29 is 23.9 Å². The van der Waals surface area contributed by atoms with Crippen LogP contribution in [-0.4, -0.2) is 57.3 Å². The minimum atomic E-state index is 0.0187. The molecule has 2 aliphatic rings. The highest BCUT2D eigenvalue weighted by Crippen LogP contribution is 2.40. The number of fused-ring (bicyclic) bond motifs is 1. The first-order valence-corrected chi connectivity index (χ1v) is 9.80. The van der Waals surface area contributed by atoms with E-state index in [4.69, 9.17) is 14.2 Å². The van der Waals surface area contributed by atoms with E-state index in [1.54, 1.807) is 19.2 Å². The number of nitrogens with zero attached hydrogens (tertiary/aromatic N) is 1. The van der Waals surface area contributed by atoms with Crippen LogP contribution in [0.1, 0.15) is 21.5 Å². The summed E-state index contributed by atoms with van der Waals surface area (Å²) in [6.45, 7) is 7.52. The third kappa shape index (κ3) is 3.78. The first kappa shape index (κ1) is 18.6. The summed E-state index contributed by atoms with van der Waals surface area (Å²) in [7, 11) is 1.58. The lowest BCUT2D eigenvalue weighted by molar-refractivity contribution is -0.917. The molecule has 148 valence electrons. The smallest absolute Gasteiger partial charge is 0.254 e. The molecule has 6 nitrogen and oxygen atoms in total. The number of quaternary nitrogens is 1. The highest BCUT2D eigenvalue weighted by Gasteiger charge is 2.27. The van der Waals surface area contributed by atoms with E-state index in [-0.39, 0.29) is 5.91 Å². The lowest BCUT2D eigenvalue weighted by Crippen LogP contribution is -3.13. The van der Waals surface area contributed by atoms with E-state index in [2.05, 4.69) is 31.2 Å². The van der Waals surface area contributed by atoms with Crippen LogP contribution in [0.3, 0.4) is 0 Å². The number of nitrogens with one attached hydrogen (secondary N) is 1. The predicted molar refractivity (Wildman–Crippen MR) is 105 cm³/mol. The van der Waals surface area contributed by atoms with E-state index in [9.17, 15) is 4.79 Å². The second kappa shape index (κ2) is 8.10. The van der Waals surface area contributed by atoms with E-state index < -0.39 is 0 Å². The van der Waals surface area contributed by atoms with Gasteiger partial charge in [-0.2, -0.15) is 0 Å². The van der Waals surface area contributed by atoms with Crippen molar-refractivity contribution in [2.24, 2.45) is 0 Å². The minimum absolute atomic E-state index is 0.0187. The van der Waals surface area contributed by atoms with Gasteiger partial charge in [-0.1, -0.05) is 24.3 Å². The molecule has 0 unspecified atom stereocenters. The molecule has 0 aliphatic carbocycles. The van der Waals surface area contributed by atoms with Crippen LogP contribution in [0.4, 0.5) is 0 Å². The number of methoxy groups -OCH3 is 1. The molecule has 2 aromatic carbocycles. The van der Waals surface area contributed by atoms with Gasteiger partial charge < -0.3 is 24.0 Å². The van der Waals surface area contributed by atoms with Crippen LogP contribution in [0.2, 0.25) is 0 Å². The Hall–Kier alpha value is -2.73. The van der Waals surface area contributed by atoms with E-state index in [1.807, 2.05) is 4.90 Å². The van der Waals surface area contributed by atoms with Gasteiger partial charge in [0.25, 0.3) is 5.91 Å². The number of carbonyl (C=O) groups excluding carboxylic acids is 1. The highest BCUT2D eigenvalue weighted by atomic mass is 16.6. The number of rotatable bonds is 4. The first-order chi connectivity index (χ1) is 13.7. The fourth-order valence-corrected chi connectivity index (χ4v) is 3.86. The molecule has 1 saturated heterocycles. The lowest BCUT2D eigenvalue weighted by Gasteiger charge is -2.33. The van der Waals surface area contributed by atoms with Crippen molar-refractivity contribution >= 4 is 5.91 Å². The predicted octanol–water partition coefficient (Wildman–Crippen LogP) is 1.32. The Kier molecular flexibility index (Phi) is 5.39. The molecule has 1 fully saturated rings. The van der Waals surface area contributed by atoms with Crippen molar-refractivity contribution in [3.63, 3.8) is 0 Å². The summed E-state index contributed by atoms with van der Waals surface area (Å²) < 4.78 is 16.7. The zero-order valence-corrected chi connectivity index (χ0v) is 16.5. The van der Waals surface area contributed by atoms with Crippen LogP contribution in [0.5, 0.6) is 17.2 Å². The van der Waals surface area contributed by atoms with Gasteiger partial charge in [-0.25, -0.2) is 0 Å². The van der Waals surface area contributed by atoms with Gasteiger partial charge in [0.15, 0.2) is 11.5 Å². The average Bonchev–Trinajstić information content (AvgIpc) is 2.74. The number of carbonyl (C=O) groups is 1. The molecule has 0 radical (unpaired) electrons. The first-order valence-electron chi connectivity index (χ1n) is 9.80. The summed E-state index contributed by atoms with van der Waals surface area (Å²) in [6, 6.07) is 12.0. The molecule has 4 rings (SSSR count). The topological polar surface area (TPSA) is 52.4 Å². The van der Waals surface area contributed by atoms with Crippen molar-refractivity contribution in [2.75, 3.05) is 46.5 Å². The second-order valence-electron chi connectivity index (χ2n) is 7.35. The second-order valence-corrected chi connectivity index (χ2v) is 7.35. The minimum Gasteiger partial charge on any atom is -0.493 e. The Morgan fingerprint density at radius 1 is 1.14 bits per heavy atom. The van der Waals surface area contributed by atoms with Gasteiger partial charge in [0.05, 0.1) is 33.3 Å². The SMILES string of the molecule is COc1cc(C(=O)N2CC[NH+](Cc3ccccc3C)CC2)cc2c1OCCO2. The monoisotopic (exact) mass is 383 g/mol. The summed E-state index contributed by atoms with van der Waals surface area (Å²) in [5.41, 5.74) is 3.30. The molecular formula is C22H27N2O4+. The number of hydrogen-bond donors (Lipinski definition) is 1. The standard InChI is InChI=1S/C22H26N2O4/c1-16-5-3-4-6-17(16)15-23-7-9-24(10-8-23)22(25)18-13-19(26-2)21-20(14-18)27-11-12-28-21/h3-6,13-14H,7-12,15H2,1-2H3/p+1. The molecule has 0 bridgehead atoms. The van der Waals surface area contributed by atoms with Crippen molar-refractivity contribution in [3.05, 3.63) is 53.1 Å². The van der Waals surface area contributed by atoms with Crippen molar-refractivity contribution in [3.8, 4) is 17.2 Å². The molecule has 0 aromatic heterocycles. The van der Waals surface area contributed by atoms with Crippen molar-refractivity contribution in [1.29, 1.82) is 0 Å². The van der Waals surface area contributed by atoms with Crippen LogP contribution in [0.15, 0.2) is 36.4 Å². The summed E-state index contributed by atoms with van der Waals surface area (Å²) >= 11 is 0. The maximum Gasteiger partial charge on any atom is 0.254 e. The van der Waals surface area contributed by atoms with Gasteiger partial charge in [-0.3, -0.25) is 4.79 Å². The Morgan fingerprint density at radius 2 is 1.89 bits per heavy atom. The van der Waals surface area contributed by atoms with Gasteiger partial charge >= 0.3 is 0 Å². The van der Waals surface area contributed by atoms with Gasteiger partial charge in [0.1, 0.15) is 19.8 Å². The number of aryl methyl sites for hydroxylation is 1. The van der Waals surface area contributed by atoms with Gasteiger partial charge in [0, 0.05) is 11.1 Å². The molecule has 1 amide bonds. The van der Waals surface area contributed by atoms with E-state index in [0.717, 1.165) is 32.7 Å². The fourth-order valence-electron chi connectivity index (χ4n) is 3.86. The Bertz CT molecular complexity index is 842. The molecule has 2 aliphatic heterocycles. The molecule has 0 spiro atoms. The van der Waals surface area contributed by atoms with Gasteiger partial charge in [-0.05, 0) is 24.6 Å². The van der Waals surface area contributed by atoms with E-state index in [1.165, 1.54) is 16.0 Å². The van der Waals surface area contributed by atoms with Crippen LogP contribution >= 0.6 is 0 Å². The third-order valence-corrected chi connectivity index (χ3v) is 5.53. The lowest BCUT2D eigenvalue weighted by atomic mass is 10.1. The highest BCUT2D eigenvalue weighted by molar-refractivity contribution is 5.95. The van der Waals surface area contributed by atoms with Crippen molar-refractivity contribution in [1.82, 2.24) is 4.90 Å². The maximum absolute atomic E-state index is 13.0. The normalized spacial score (nSPS) is 16.7. The number of ether oxygens (including phenoxy) is 3. The zero-order chi connectivity index (χ0) is 19.5. The number of piperazine rings is 1. The summed E-state index contributed by atoms with van der Waals surface area (Å²) in [4.78, 5) is 16.5. The van der Waals surface area contributed by atoms with Crippen LogP contribution < -0.4 is 19.1 Å². The molecule has 1 N–H and O–H groups in total. The molecule has 6 heteroatoms. The number of benzene rings is 2. The van der Waals surface area contributed by atoms with Crippen molar-refractivity contribution in [2.45, 2.75) is 13.5 Å². The summed E-state index contributed by atoms with van der Waals surface area (Å²) in [6.07, 6.45) is 0. The maximum atomic E-state index is 13.0. The Labute approximate surface area is 165 Å². The fraction of sp³-hybridized carbons (Fsp3) is 0.409. The average molecular weight is 383 g/mol. The largest absolute Gasteiger partial charge is 0.493 e.